The highest BCUT2D eigenvalue weighted by Crippen LogP contribution is 2.36. The highest BCUT2D eigenvalue weighted by molar-refractivity contribution is 5.72. The van der Waals surface area contributed by atoms with Gasteiger partial charge in [-0.15, -0.1) is 0 Å². The first kappa shape index (κ1) is 11.9. The number of methoxy groups -OCH3 is 1. The molecular weight excluding hydrogens is 225 g/mol. The molecule has 1 aliphatic rings. The lowest BCUT2D eigenvalue weighted by atomic mass is 9.93. The molecule has 1 heterocycles. The molecule has 0 spiro atoms. The van der Waals surface area contributed by atoms with E-state index in [4.69, 9.17) is 9.84 Å². The molecule has 1 fully saturated rings. The average molecular weight is 239 g/mol. The molecule has 2 atom stereocenters. The fourth-order valence-electron chi connectivity index (χ4n) is 2.28. The van der Waals surface area contributed by atoms with Crippen molar-refractivity contribution in [2.45, 2.75) is 12.5 Å². The lowest BCUT2D eigenvalue weighted by Crippen LogP contribution is -2.24. The van der Waals surface area contributed by atoms with Crippen molar-refractivity contribution in [3.05, 3.63) is 29.6 Å². The Hall–Kier alpha value is -1.62. The normalized spacial score (nSPS) is 23.6. The maximum atomic E-state index is 13.5. The van der Waals surface area contributed by atoms with Gasteiger partial charge in [-0.2, -0.15) is 0 Å². The first-order valence-corrected chi connectivity index (χ1v) is 5.43. The Morgan fingerprint density at radius 1 is 1.59 bits per heavy atom. The molecule has 1 saturated heterocycles. The van der Waals surface area contributed by atoms with Crippen molar-refractivity contribution < 1.29 is 19.0 Å². The van der Waals surface area contributed by atoms with E-state index in [1.807, 2.05) is 0 Å². The van der Waals surface area contributed by atoms with Crippen LogP contribution in [0, 0.1) is 11.7 Å². The van der Waals surface area contributed by atoms with Crippen LogP contribution in [0.5, 0.6) is 5.75 Å². The van der Waals surface area contributed by atoms with Crippen molar-refractivity contribution in [3.8, 4) is 5.75 Å². The number of hydrogen-bond donors (Lipinski definition) is 2. The van der Waals surface area contributed by atoms with Crippen LogP contribution in [-0.2, 0) is 4.79 Å². The minimum absolute atomic E-state index is 0.123. The molecule has 1 aromatic rings. The van der Waals surface area contributed by atoms with E-state index in [1.54, 1.807) is 12.1 Å². The molecule has 0 bridgehead atoms. The molecule has 0 aliphatic carbocycles. The zero-order valence-electron chi connectivity index (χ0n) is 9.44. The van der Waals surface area contributed by atoms with Gasteiger partial charge < -0.3 is 15.2 Å². The number of para-hydroxylation sites is 1. The number of ether oxygens (including phenoxy) is 1. The summed E-state index contributed by atoms with van der Waals surface area (Å²) in [7, 11) is 1.38. The van der Waals surface area contributed by atoms with Crippen molar-refractivity contribution in [1.82, 2.24) is 5.32 Å². The van der Waals surface area contributed by atoms with Gasteiger partial charge in [0, 0.05) is 11.6 Å². The van der Waals surface area contributed by atoms with Crippen LogP contribution < -0.4 is 10.1 Å². The van der Waals surface area contributed by atoms with Gasteiger partial charge in [0.2, 0.25) is 0 Å². The highest BCUT2D eigenvalue weighted by atomic mass is 19.1. The number of carboxylic acid groups (broad SMARTS) is 1. The number of benzene rings is 1. The summed E-state index contributed by atoms with van der Waals surface area (Å²) in [5.41, 5.74) is 0.567. The molecule has 92 valence electrons. The first-order chi connectivity index (χ1) is 8.15. The van der Waals surface area contributed by atoms with Crippen LogP contribution in [0.25, 0.3) is 0 Å². The standard InChI is InChI=1S/C12H14FNO3/c1-17-11-7(3-2-4-9(11)13)10-8(12(15)16)5-6-14-10/h2-4,8,10,14H,5-6H2,1H3,(H,15,16)/t8-,10+/m0/s1. The number of carboxylic acids is 1. The largest absolute Gasteiger partial charge is 0.493 e. The number of carbonyl (C=O) groups is 1. The van der Waals surface area contributed by atoms with Crippen LogP contribution in [0.4, 0.5) is 4.39 Å². The van der Waals surface area contributed by atoms with E-state index in [9.17, 15) is 9.18 Å². The van der Waals surface area contributed by atoms with E-state index in [2.05, 4.69) is 5.32 Å². The Morgan fingerprint density at radius 3 is 3.00 bits per heavy atom. The van der Waals surface area contributed by atoms with Crippen molar-refractivity contribution >= 4 is 5.97 Å². The minimum Gasteiger partial charge on any atom is -0.493 e. The van der Waals surface area contributed by atoms with E-state index in [0.717, 1.165) is 0 Å². The second-order valence-corrected chi connectivity index (χ2v) is 4.03. The third-order valence-corrected chi connectivity index (χ3v) is 3.08. The SMILES string of the molecule is COc1c(F)cccc1[C@H]1NCC[C@@H]1C(=O)O. The van der Waals surface area contributed by atoms with E-state index in [-0.39, 0.29) is 5.75 Å². The van der Waals surface area contributed by atoms with Crippen molar-refractivity contribution in [1.29, 1.82) is 0 Å². The molecule has 0 unspecified atom stereocenters. The topological polar surface area (TPSA) is 58.6 Å². The second-order valence-electron chi connectivity index (χ2n) is 4.03. The third-order valence-electron chi connectivity index (χ3n) is 3.08. The first-order valence-electron chi connectivity index (χ1n) is 5.43. The van der Waals surface area contributed by atoms with E-state index in [1.165, 1.54) is 13.2 Å². The van der Waals surface area contributed by atoms with Gasteiger partial charge in [-0.05, 0) is 19.0 Å². The van der Waals surface area contributed by atoms with Gasteiger partial charge in [0.25, 0.3) is 0 Å². The number of aliphatic carboxylic acids is 1. The predicted molar refractivity (Wildman–Crippen MR) is 59.4 cm³/mol. The Bertz CT molecular complexity index is 436. The molecule has 17 heavy (non-hydrogen) atoms. The maximum Gasteiger partial charge on any atom is 0.308 e. The second kappa shape index (κ2) is 4.71. The summed E-state index contributed by atoms with van der Waals surface area (Å²) in [4.78, 5) is 11.1. The average Bonchev–Trinajstić information content (AvgIpc) is 2.77. The van der Waals surface area contributed by atoms with E-state index >= 15 is 0 Å². The van der Waals surface area contributed by atoms with E-state index < -0.39 is 23.7 Å². The number of nitrogens with one attached hydrogen (secondary N) is 1. The Balaban J connectivity index is 2.39. The summed E-state index contributed by atoms with van der Waals surface area (Å²) in [6, 6.07) is 4.16. The summed E-state index contributed by atoms with van der Waals surface area (Å²) < 4.78 is 18.5. The van der Waals surface area contributed by atoms with Crippen LogP contribution in [0.3, 0.4) is 0 Å². The van der Waals surface area contributed by atoms with Gasteiger partial charge in [-0.1, -0.05) is 12.1 Å². The maximum absolute atomic E-state index is 13.5. The number of halogens is 1. The van der Waals surface area contributed by atoms with Gasteiger partial charge in [-0.25, -0.2) is 4.39 Å². The summed E-state index contributed by atoms with van der Waals surface area (Å²) in [5.74, 6) is -1.75. The Labute approximate surface area is 98.4 Å². The van der Waals surface area contributed by atoms with Crippen LogP contribution in [-0.4, -0.2) is 24.7 Å². The van der Waals surface area contributed by atoms with Crippen LogP contribution in [0.1, 0.15) is 18.0 Å². The van der Waals surface area contributed by atoms with Crippen LogP contribution >= 0.6 is 0 Å². The fourth-order valence-corrected chi connectivity index (χ4v) is 2.28. The van der Waals surface area contributed by atoms with Crippen molar-refractivity contribution in [3.63, 3.8) is 0 Å². The van der Waals surface area contributed by atoms with Gasteiger partial charge in [-0.3, -0.25) is 4.79 Å². The lowest BCUT2D eigenvalue weighted by molar-refractivity contribution is -0.142. The van der Waals surface area contributed by atoms with E-state index in [0.29, 0.717) is 18.5 Å². The predicted octanol–water partition coefficient (Wildman–Crippen LogP) is 1.57. The van der Waals surface area contributed by atoms with Crippen molar-refractivity contribution in [2.75, 3.05) is 13.7 Å². The third kappa shape index (κ3) is 2.10. The zero-order chi connectivity index (χ0) is 12.4. The Kier molecular flexibility index (Phi) is 3.28. The molecule has 1 aromatic carbocycles. The summed E-state index contributed by atoms with van der Waals surface area (Å²) in [6.45, 7) is 0.612. The smallest absolute Gasteiger partial charge is 0.308 e. The summed E-state index contributed by atoms with van der Waals surface area (Å²) in [6.07, 6.45) is 0.541. The quantitative estimate of drug-likeness (QED) is 0.840. The monoisotopic (exact) mass is 239 g/mol. The zero-order valence-corrected chi connectivity index (χ0v) is 9.44. The van der Waals surface area contributed by atoms with Gasteiger partial charge in [0.15, 0.2) is 11.6 Å². The minimum atomic E-state index is -0.869. The van der Waals surface area contributed by atoms with Crippen molar-refractivity contribution in [2.24, 2.45) is 5.92 Å². The highest BCUT2D eigenvalue weighted by Gasteiger charge is 2.35. The van der Waals surface area contributed by atoms with Crippen LogP contribution in [0.15, 0.2) is 18.2 Å². The molecule has 0 amide bonds. The number of rotatable bonds is 3. The molecule has 5 heteroatoms. The van der Waals surface area contributed by atoms with Gasteiger partial charge in [0.1, 0.15) is 0 Å². The van der Waals surface area contributed by atoms with Gasteiger partial charge >= 0.3 is 5.97 Å². The molecule has 2 N–H and O–H groups in total. The number of hydrogen-bond acceptors (Lipinski definition) is 3. The fraction of sp³-hybridized carbons (Fsp3) is 0.417. The molecular formula is C12H14FNO3. The summed E-state index contributed by atoms with van der Waals surface area (Å²) >= 11 is 0. The molecule has 1 aliphatic heterocycles. The lowest BCUT2D eigenvalue weighted by Gasteiger charge is -2.19. The Morgan fingerprint density at radius 2 is 2.35 bits per heavy atom. The molecule has 0 radical (unpaired) electrons. The molecule has 0 saturated carbocycles. The molecule has 2 rings (SSSR count). The molecule has 0 aromatic heterocycles. The summed E-state index contributed by atoms with van der Waals surface area (Å²) in [5, 5.41) is 12.2. The van der Waals surface area contributed by atoms with Gasteiger partial charge in [0.05, 0.1) is 13.0 Å². The molecule has 4 nitrogen and oxygen atoms in total. The van der Waals surface area contributed by atoms with Crippen LogP contribution in [0.2, 0.25) is 0 Å².